The van der Waals surface area contributed by atoms with Crippen molar-refractivity contribution in [1.29, 1.82) is 0 Å². The minimum atomic E-state index is 0.00276. The summed E-state index contributed by atoms with van der Waals surface area (Å²) >= 11 is 5.82. The molecule has 0 N–H and O–H groups in total. The van der Waals surface area contributed by atoms with Crippen molar-refractivity contribution >= 4 is 17.4 Å². The fraction of sp³-hybridized carbons (Fsp3) is 0.231. The summed E-state index contributed by atoms with van der Waals surface area (Å²) in [6, 6.07) is 6.98. The Morgan fingerprint density at radius 1 is 1.50 bits per heavy atom. The number of rotatable bonds is 5. The van der Waals surface area contributed by atoms with Crippen LogP contribution in [-0.2, 0) is 18.3 Å². The zero-order valence-electron chi connectivity index (χ0n) is 9.97. The molecule has 0 aliphatic rings. The van der Waals surface area contributed by atoms with Crippen molar-refractivity contribution in [2.75, 3.05) is 6.61 Å². The van der Waals surface area contributed by atoms with Crippen LogP contribution >= 0.6 is 11.6 Å². The van der Waals surface area contributed by atoms with E-state index in [1.54, 1.807) is 35.1 Å². The smallest absolute Gasteiger partial charge is 0.174 e. The first-order chi connectivity index (χ1) is 8.63. The molecule has 0 saturated heterocycles. The first-order valence-corrected chi connectivity index (χ1v) is 5.89. The zero-order valence-corrected chi connectivity index (χ0v) is 10.7. The number of ketones is 1. The summed E-state index contributed by atoms with van der Waals surface area (Å²) in [6.07, 6.45) is 3.82. The Bertz CT molecular complexity index is 551. The molecule has 0 amide bonds. The van der Waals surface area contributed by atoms with Crippen LogP contribution in [0.1, 0.15) is 5.56 Å². The molecule has 0 aliphatic heterocycles. The van der Waals surface area contributed by atoms with Crippen LogP contribution in [0.2, 0.25) is 5.02 Å². The van der Waals surface area contributed by atoms with Crippen LogP contribution in [0.25, 0.3) is 0 Å². The normalized spacial score (nSPS) is 10.3. The highest BCUT2D eigenvalue weighted by molar-refractivity contribution is 6.30. The van der Waals surface area contributed by atoms with E-state index in [1.807, 2.05) is 13.2 Å². The maximum atomic E-state index is 11.7. The van der Waals surface area contributed by atoms with Gasteiger partial charge >= 0.3 is 0 Å². The van der Waals surface area contributed by atoms with Gasteiger partial charge in [-0.1, -0.05) is 17.7 Å². The number of ether oxygens (including phenoxy) is 1. The highest BCUT2D eigenvalue weighted by Crippen LogP contribution is 2.17. The number of hydrogen-bond donors (Lipinski definition) is 0. The lowest BCUT2D eigenvalue weighted by Crippen LogP contribution is -2.13. The van der Waals surface area contributed by atoms with Gasteiger partial charge in [-0.25, -0.2) is 0 Å². The number of nitrogens with zero attached hydrogens (tertiary/aromatic N) is 2. The molecule has 1 heterocycles. The Morgan fingerprint density at radius 2 is 2.33 bits per heavy atom. The molecule has 1 aromatic heterocycles. The molecule has 0 fully saturated rings. The topological polar surface area (TPSA) is 44.1 Å². The Labute approximate surface area is 110 Å². The number of aromatic nitrogens is 2. The van der Waals surface area contributed by atoms with Crippen LogP contribution in [0.15, 0.2) is 36.7 Å². The average Bonchev–Trinajstić information content (AvgIpc) is 2.72. The van der Waals surface area contributed by atoms with Crippen molar-refractivity contribution in [3.8, 4) is 5.75 Å². The van der Waals surface area contributed by atoms with Crippen LogP contribution in [0.3, 0.4) is 0 Å². The van der Waals surface area contributed by atoms with Crippen molar-refractivity contribution in [3.63, 3.8) is 0 Å². The van der Waals surface area contributed by atoms with Gasteiger partial charge in [-0.2, -0.15) is 5.10 Å². The van der Waals surface area contributed by atoms with E-state index in [0.717, 1.165) is 5.56 Å². The zero-order chi connectivity index (χ0) is 13.0. The maximum Gasteiger partial charge on any atom is 0.174 e. The lowest BCUT2D eigenvalue weighted by Gasteiger charge is -2.04. The third-order valence-corrected chi connectivity index (χ3v) is 2.59. The van der Waals surface area contributed by atoms with Crippen LogP contribution in [-0.4, -0.2) is 22.2 Å². The second-order valence-corrected chi connectivity index (χ2v) is 4.42. The minimum Gasteiger partial charge on any atom is -0.486 e. The Morgan fingerprint density at radius 3 is 3.00 bits per heavy atom. The second kappa shape index (κ2) is 5.69. The van der Waals surface area contributed by atoms with Gasteiger partial charge in [0, 0.05) is 24.7 Å². The number of carbonyl (C=O) groups excluding carboxylic acids is 1. The minimum absolute atomic E-state index is 0.00276. The summed E-state index contributed by atoms with van der Waals surface area (Å²) < 4.78 is 7.03. The monoisotopic (exact) mass is 264 g/mol. The molecule has 5 heteroatoms. The quantitative estimate of drug-likeness (QED) is 0.832. The Balaban J connectivity index is 1.85. The maximum absolute atomic E-state index is 11.7. The standard InChI is InChI=1S/C13H13ClN2O2/c1-16-8-10(7-15-16)5-12(17)9-18-13-4-2-3-11(14)6-13/h2-4,6-8H,5,9H2,1H3. The fourth-order valence-electron chi connectivity index (χ4n) is 1.56. The molecule has 0 bridgehead atoms. The predicted octanol–water partition coefficient (Wildman–Crippen LogP) is 2.26. The van der Waals surface area contributed by atoms with Crippen molar-refractivity contribution < 1.29 is 9.53 Å². The lowest BCUT2D eigenvalue weighted by atomic mass is 10.2. The van der Waals surface area contributed by atoms with Gasteiger partial charge in [-0.05, 0) is 23.8 Å². The average molecular weight is 265 g/mol. The number of benzene rings is 1. The van der Waals surface area contributed by atoms with E-state index < -0.39 is 0 Å². The number of carbonyl (C=O) groups is 1. The van der Waals surface area contributed by atoms with E-state index in [2.05, 4.69) is 5.10 Å². The van der Waals surface area contributed by atoms with Gasteiger partial charge in [-0.15, -0.1) is 0 Å². The van der Waals surface area contributed by atoms with Crippen LogP contribution in [0.4, 0.5) is 0 Å². The molecule has 18 heavy (non-hydrogen) atoms. The van der Waals surface area contributed by atoms with E-state index in [1.165, 1.54) is 0 Å². The molecule has 2 aromatic rings. The van der Waals surface area contributed by atoms with Crippen molar-refractivity contribution in [2.24, 2.45) is 7.05 Å². The van der Waals surface area contributed by atoms with Crippen molar-refractivity contribution in [3.05, 3.63) is 47.2 Å². The summed E-state index contributed by atoms with van der Waals surface area (Å²) in [5.41, 5.74) is 0.886. The number of hydrogen-bond acceptors (Lipinski definition) is 3. The number of halogens is 1. The molecule has 0 spiro atoms. The van der Waals surface area contributed by atoms with Gasteiger partial charge in [0.1, 0.15) is 12.4 Å². The van der Waals surface area contributed by atoms with E-state index in [9.17, 15) is 4.79 Å². The van der Waals surface area contributed by atoms with Crippen LogP contribution < -0.4 is 4.74 Å². The SMILES string of the molecule is Cn1cc(CC(=O)COc2cccc(Cl)c2)cn1. The summed E-state index contributed by atoms with van der Waals surface area (Å²) in [5.74, 6) is 0.602. The molecule has 94 valence electrons. The molecule has 0 aliphatic carbocycles. The molecule has 0 saturated carbocycles. The summed E-state index contributed by atoms with van der Waals surface area (Å²) in [4.78, 5) is 11.7. The number of aryl methyl sites for hydroxylation is 1. The van der Waals surface area contributed by atoms with Crippen molar-refractivity contribution in [1.82, 2.24) is 9.78 Å². The lowest BCUT2D eigenvalue weighted by molar-refractivity contribution is -0.120. The summed E-state index contributed by atoms with van der Waals surface area (Å²) in [6.45, 7) is 0.0369. The first kappa shape index (κ1) is 12.6. The first-order valence-electron chi connectivity index (χ1n) is 5.51. The highest BCUT2D eigenvalue weighted by Gasteiger charge is 2.06. The third-order valence-electron chi connectivity index (χ3n) is 2.36. The van der Waals surface area contributed by atoms with E-state index in [4.69, 9.17) is 16.3 Å². The molecular formula is C13H13ClN2O2. The van der Waals surface area contributed by atoms with Gasteiger partial charge in [0.15, 0.2) is 5.78 Å². The van der Waals surface area contributed by atoms with Gasteiger partial charge in [0.25, 0.3) is 0 Å². The van der Waals surface area contributed by atoms with Gasteiger partial charge in [0.05, 0.1) is 6.20 Å². The van der Waals surface area contributed by atoms with E-state index in [0.29, 0.717) is 17.2 Å². The van der Waals surface area contributed by atoms with Crippen LogP contribution in [0, 0.1) is 0 Å². The van der Waals surface area contributed by atoms with Crippen LogP contribution in [0.5, 0.6) is 5.75 Å². The molecule has 4 nitrogen and oxygen atoms in total. The highest BCUT2D eigenvalue weighted by atomic mass is 35.5. The third kappa shape index (κ3) is 3.60. The Kier molecular flexibility index (Phi) is 3.99. The second-order valence-electron chi connectivity index (χ2n) is 3.98. The van der Waals surface area contributed by atoms with Gasteiger partial charge in [0.2, 0.25) is 0 Å². The molecule has 0 unspecified atom stereocenters. The molecule has 1 aromatic carbocycles. The molecule has 0 radical (unpaired) electrons. The largest absolute Gasteiger partial charge is 0.486 e. The van der Waals surface area contributed by atoms with E-state index in [-0.39, 0.29) is 12.4 Å². The fourth-order valence-corrected chi connectivity index (χ4v) is 1.74. The Hall–Kier alpha value is -1.81. The summed E-state index contributed by atoms with van der Waals surface area (Å²) in [5, 5.41) is 4.60. The van der Waals surface area contributed by atoms with Gasteiger partial charge in [-0.3, -0.25) is 9.48 Å². The predicted molar refractivity (Wildman–Crippen MR) is 68.9 cm³/mol. The summed E-state index contributed by atoms with van der Waals surface area (Å²) in [7, 11) is 1.82. The van der Waals surface area contributed by atoms with E-state index >= 15 is 0 Å². The molecule has 0 atom stereocenters. The molecule has 2 rings (SSSR count). The van der Waals surface area contributed by atoms with Crippen molar-refractivity contribution in [2.45, 2.75) is 6.42 Å². The van der Waals surface area contributed by atoms with Gasteiger partial charge < -0.3 is 4.74 Å². The number of Topliss-reactive ketones (excluding diaryl/α,β-unsaturated/α-hetero) is 1. The molecular weight excluding hydrogens is 252 g/mol.